The Morgan fingerprint density at radius 1 is 1.20 bits per heavy atom. The first-order valence-electron chi connectivity index (χ1n) is 6.20. The maximum atomic E-state index is 13.3. The maximum Gasteiger partial charge on any atom is 0.161 e. The van der Waals surface area contributed by atoms with Crippen molar-refractivity contribution in [1.29, 1.82) is 0 Å². The molecular weight excluding hydrogens is 295 g/mol. The fourth-order valence-corrected chi connectivity index (χ4v) is 3.29. The first kappa shape index (κ1) is 13.5. The summed E-state index contributed by atoms with van der Waals surface area (Å²) in [6.07, 6.45) is 0. The lowest BCUT2D eigenvalue weighted by Gasteiger charge is -2.09. The summed E-state index contributed by atoms with van der Waals surface area (Å²) in [5, 5.41) is 4.58. The number of rotatable bonds is 2. The van der Waals surface area contributed by atoms with E-state index in [0.717, 1.165) is 11.7 Å². The van der Waals surface area contributed by atoms with Crippen molar-refractivity contribution in [2.75, 3.05) is 11.9 Å². The standard InChI is InChI=1S/C15H12ClFN2S/c16-11-6-12(17)8-13(7-11)19-15-18-9-14(20-15)10-4-2-1-3-5-10/h1-8,14H,9H2,(H,18,19). The Labute approximate surface area is 126 Å². The van der Waals surface area contributed by atoms with Gasteiger partial charge in [-0.15, -0.1) is 0 Å². The lowest BCUT2D eigenvalue weighted by molar-refractivity contribution is 0.628. The molecule has 1 unspecified atom stereocenters. The van der Waals surface area contributed by atoms with Gasteiger partial charge in [-0.1, -0.05) is 53.7 Å². The van der Waals surface area contributed by atoms with Crippen LogP contribution in [0.2, 0.25) is 5.02 Å². The molecule has 0 saturated carbocycles. The van der Waals surface area contributed by atoms with E-state index in [0.29, 0.717) is 16.0 Å². The topological polar surface area (TPSA) is 24.4 Å². The molecule has 0 amide bonds. The first-order valence-corrected chi connectivity index (χ1v) is 7.45. The zero-order chi connectivity index (χ0) is 13.9. The predicted octanol–water partition coefficient (Wildman–Crippen LogP) is 4.74. The average Bonchev–Trinajstić information content (AvgIpc) is 2.87. The van der Waals surface area contributed by atoms with Crippen LogP contribution in [0.5, 0.6) is 0 Å². The van der Waals surface area contributed by atoms with Crippen molar-refractivity contribution >= 4 is 34.2 Å². The van der Waals surface area contributed by atoms with E-state index in [1.807, 2.05) is 18.2 Å². The molecule has 1 N–H and O–H groups in total. The van der Waals surface area contributed by atoms with E-state index in [4.69, 9.17) is 11.6 Å². The van der Waals surface area contributed by atoms with Gasteiger partial charge < -0.3 is 5.32 Å². The SMILES string of the molecule is Fc1cc(Cl)cc(NC2=NCC(c3ccccc3)S2)c1. The Kier molecular flexibility index (Phi) is 3.94. The molecule has 1 atom stereocenters. The summed E-state index contributed by atoms with van der Waals surface area (Å²) in [4.78, 5) is 4.45. The van der Waals surface area contributed by atoms with Gasteiger partial charge in [-0.05, 0) is 23.8 Å². The van der Waals surface area contributed by atoms with Crippen LogP contribution in [-0.4, -0.2) is 11.7 Å². The largest absolute Gasteiger partial charge is 0.335 e. The highest BCUT2D eigenvalue weighted by Crippen LogP contribution is 2.35. The fraction of sp³-hybridized carbons (Fsp3) is 0.133. The van der Waals surface area contributed by atoms with Crippen LogP contribution in [0.4, 0.5) is 10.1 Å². The van der Waals surface area contributed by atoms with Crippen LogP contribution < -0.4 is 5.32 Å². The van der Waals surface area contributed by atoms with Crippen LogP contribution in [0.25, 0.3) is 0 Å². The summed E-state index contributed by atoms with van der Waals surface area (Å²) in [7, 11) is 0. The smallest absolute Gasteiger partial charge is 0.161 e. The molecule has 0 spiro atoms. The summed E-state index contributed by atoms with van der Waals surface area (Å²) >= 11 is 7.48. The molecule has 0 saturated heterocycles. The zero-order valence-corrected chi connectivity index (χ0v) is 12.1. The third-order valence-electron chi connectivity index (χ3n) is 2.94. The van der Waals surface area contributed by atoms with E-state index in [1.165, 1.54) is 17.7 Å². The summed E-state index contributed by atoms with van der Waals surface area (Å²) in [5.74, 6) is -0.358. The minimum Gasteiger partial charge on any atom is -0.335 e. The third kappa shape index (κ3) is 3.14. The van der Waals surface area contributed by atoms with Gasteiger partial charge in [-0.25, -0.2) is 4.39 Å². The molecule has 0 aromatic heterocycles. The van der Waals surface area contributed by atoms with Gasteiger partial charge in [-0.3, -0.25) is 4.99 Å². The minimum atomic E-state index is -0.358. The quantitative estimate of drug-likeness (QED) is 0.867. The van der Waals surface area contributed by atoms with Crippen molar-refractivity contribution < 1.29 is 4.39 Å². The molecule has 20 heavy (non-hydrogen) atoms. The molecule has 1 aliphatic heterocycles. The number of hydrogen-bond acceptors (Lipinski definition) is 3. The maximum absolute atomic E-state index is 13.3. The van der Waals surface area contributed by atoms with Gasteiger partial charge in [0.1, 0.15) is 5.82 Å². The summed E-state index contributed by atoms with van der Waals surface area (Å²) in [5.41, 5.74) is 1.87. The van der Waals surface area contributed by atoms with Crippen molar-refractivity contribution in [2.45, 2.75) is 5.25 Å². The van der Waals surface area contributed by atoms with Crippen molar-refractivity contribution in [3.63, 3.8) is 0 Å². The van der Waals surface area contributed by atoms with E-state index in [9.17, 15) is 4.39 Å². The number of amidine groups is 1. The third-order valence-corrected chi connectivity index (χ3v) is 4.32. The van der Waals surface area contributed by atoms with E-state index < -0.39 is 0 Å². The summed E-state index contributed by atoms with van der Waals surface area (Å²) in [6, 6.07) is 14.6. The summed E-state index contributed by atoms with van der Waals surface area (Å²) < 4.78 is 13.3. The number of halogens is 2. The highest BCUT2D eigenvalue weighted by molar-refractivity contribution is 8.14. The molecule has 3 rings (SSSR count). The normalized spacial score (nSPS) is 17.9. The van der Waals surface area contributed by atoms with Gasteiger partial charge in [0.15, 0.2) is 5.17 Å². The van der Waals surface area contributed by atoms with Gasteiger partial charge in [0, 0.05) is 10.7 Å². The van der Waals surface area contributed by atoms with Crippen LogP contribution in [-0.2, 0) is 0 Å². The Morgan fingerprint density at radius 3 is 2.75 bits per heavy atom. The number of thioether (sulfide) groups is 1. The van der Waals surface area contributed by atoms with E-state index in [1.54, 1.807) is 17.8 Å². The molecule has 2 nitrogen and oxygen atoms in total. The molecule has 1 heterocycles. The Bertz CT molecular complexity index is 625. The first-order chi connectivity index (χ1) is 9.70. The number of aliphatic imine (C=N–C) groups is 1. The molecule has 2 aromatic carbocycles. The monoisotopic (exact) mass is 306 g/mol. The number of hydrogen-bond donors (Lipinski definition) is 1. The van der Waals surface area contributed by atoms with Gasteiger partial charge in [0.25, 0.3) is 0 Å². The van der Waals surface area contributed by atoms with Crippen LogP contribution >= 0.6 is 23.4 Å². The number of benzene rings is 2. The molecule has 5 heteroatoms. The number of anilines is 1. The zero-order valence-electron chi connectivity index (χ0n) is 10.5. The van der Waals surface area contributed by atoms with Gasteiger partial charge >= 0.3 is 0 Å². The van der Waals surface area contributed by atoms with Crippen LogP contribution in [0, 0.1) is 5.82 Å². The number of nitrogens with zero attached hydrogens (tertiary/aromatic N) is 1. The second kappa shape index (κ2) is 5.85. The van der Waals surface area contributed by atoms with Gasteiger partial charge in [0.2, 0.25) is 0 Å². The van der Waals surface area contributed by atoms with Gasteiger partial charge in [-0.2, -0.15) is 0 Å². The lowest BCUT2D eigenvalue weighted by atomic mass is 10.1. The van der Waals surface area contributed by atoms with Crippen molar-refractivity contribution in [3.05, 3.63) is 64.9 Å². The molecule has 0 bridgehead atoms. The van der Waals surface area contributed by atoms with Crippen LogP contribution in [0.15, 0.2) is 53.5 Å². The Morgan fingerprint density at radius 2 is 2.00 bits per heavy atom. The van der Waals surface area contributed by atoms with Crippen molar-refractivity contribution in [2.24, 2.45) is 4.99 Å². The summed E-state index contributed by atoms with van der Waals surface area (Å²) in [6.45, 7) is 0.722. The fourth-order valence-electron chi connectivity index (χ4n) is 2.03. The average molecular weight is 307 g/mol. The van der Waals surface area contributed by atoms with E-state index in [2.05, 4.69) is 22.4 Å². The van der Waals surface area contributed by atoms with E-state index >= 15 is 0 Å². The second-order valence-corrected chi connectivity index (χ2v) is 6.07. The van der Waals surface area contributed by atoms with Crippen LogP contribution in [0.1, 0.15) is 10.8 Å². The van der Waals surface area contributed by atoms with E-state index in [-0.39, 0.29) is 5.82 Å². The highest BCUT2D eigenvalue weighted by atomic mass is 35.5. The number of nitrogens with one attached hydrogen (secondary N) is 1. The molecular formula is C15H12ClFN2S. The predicted molar refractivity (Wildman–Crippen MR) is 84.1 cm³/mol. The van der Waals surface area contributed by atoms with Crippen molar-refractivity contribution in [3.8, 4) is 0 Å². The highest BCUT2D eigenvalue weighted by Gasteiger charge is 2.21. The molecule has 0 fully saturated rings. The lowest BCUT2D eigenvalue weighted by Crippen LogP contribution is -2.05. The molecule has 0 radical (unpaired) electrons. The molecule has 102 valence electrons. The minimum absolute atomic E-state index is 0.308. The van der Waals surface area contributed by atoms with Crippen molar-refractivity contribution in [1.82, 2.24) is 0 Å². The molecule has 0 aliphatic carbocycles. The molecule has 2 aromatic rings. The van der Waals surface area contributed by atoms with Gasteiger partial charge in [0.05, 0.1) is 11.8 Å². The molecule has 1 aliphatic rings. The second-order valence-electron chi connectivity index (χ2n) is 4.45. The Hall–Kier alpha value is -1.52. The Balaban J connectivity index is 1.68. The van der Waals surface area contributed by atoms with Crippen LogP contribution in [0.3, 0.4) is 0 Å².